The van der Waals surface area contributed by atoms with E-state index in [9.17, 15) is 4.79 Å². The van der Waals surface area contributed by atoms with Crippen molar-refractivity contribution in [1.82, 2.24) is 20.2 Å². The van der Waals surface area contributed by atoms with Crippen LogP contribution in [-0.2, 0) is 9.53 Å². The van der Waals surface area contributed by atoms with E-state index >= 15 is 0 Å². The number of nitrogens with one attached hydrogen (secondary N) is 3. The predicted molar refractivity (Wildman–Crippen MR) is 110 cm³/mol. The summed E-state index contributed by atoms with van der Waals surface area (Å²) in [5.41, 5.74) is 2.46. The van der Waals surface area contributed by atoms with E-state index in [1.165, 1.54) is 6.21 Å². The third-order valence-corrected chi connectivity index (χ3v) is 5.64. The van der Waals surface area contributed by atoms with Crippen molar-refractivity contribution in [2.24, 2.45) is 5.92 Å². The highest BCUT2D eigenvalue weighted by molar-refractivity contribution is 6.08. The summed E-state index contributed by atoms with van der Waals surface area (Å²) in [6, 6.07) is 4.20. The first kappa shape index (κ1) is 19.4. The van der Waals surface area contributed by atoms with Crippen LogP contribution in [0.5, 0.6) is 5.75 Å². The van der Waals surface area contributed by atoms with Crippen molar-refractivity contribution in [3.63, 3.8) is 0 Å². The number of carbonyl (C=O) groups is 1. The van der Waals surface area contributed by atoms with Crippen LogP contribution in [0.15, 0.2) is 30.7 Å². The molecule has 3 N–H and O–H groups in total. The van der Waals surface area contributed by atoms with Crippen LogP contribution < -0.4 is 15.4 Å². The fraction of sp³-hybridized carbons (Fsp3) is 0.476. The highest BCUT2D eigenvalue weighted by atomic mass is 16.5. The molecule has 0 saturated carbocycles. The lowest BCUT2D eigenvalue weighted by Gasteiger charge is -2.23. The van der Waals surface area contributed by atoms with E-state index < -0.39 is 0 Å². The van der Waals surface area contributed by atoms with Crippen LogP contribution in [0.3, 0.4) is 0 Å². The van der Waals surface area contributed by atoms with E-state index in [1.54, 1.807) is 10.7 Å². The van der Waals surface area contributed by atoms with Gasteiger partial charge in [-0.25, -0.2) is 4.52 Å². The molecule has 0 aromatic carbocycles. The molecular formula is C21H27N5O3. The maximum Gasteiger partial charge on any atom is 0.220 e. The van der Waals surface area contributed by atoms with Crippen LogP contribution in [0.1, 0.15) is 31.7 Å². The molecule has 8 nitrogen and oxygen atoms in total. The summed E-state index contributed by atoms with van der Waals surface area (Å²) in [7, 11) is 0. The van der Waals surface area contributed by atoms with Crippen LogP contribution >= 0.6 is 0 Å². The number of nitrogens with zero attached hydrogens (tertiary/aromatic N) is 2. The van der Waals surface area contributed by atoms with Gasteiger partial charge < -0.3 is 25.5 Å². The number of hydrogen-bond acceptors (Lipinski definition) is 6. The Morgan fingerprint density at radius 2 is 2.31 bits per heavy atom. The maximum atomic E-state index is 11.5. The number of aromatic nitrogens is 2. The zero-order valence-corrected chi connectivity index (χ0v) is 16.6. The molecule has 4 heterocycles. The maximum absolute atomic E-state index is 11.5. The Morgan fingerprint density at radius 3 is 3.03 bits per heavy atom. The van der Waals surface area contributed by atoms with Gasteiger partial charge in [0, 0.05) is 67.9 Å². The molecule has 0 aliphatic carbocycles. The van der Waals surface area contributed by atoms with Crippen molar-refractivity contribution in [3.05, 3.63) is 36.3 Å². The van der Waals surface area contributed by atoms with Gasteiger partial charge in [-0.1, -0.05) is 0 Å². The van der Waals surface area contributed by atoms with Gasteiger partial charge in [0.1, 0.15) is 17.4 Å². The SMILES string of the molecule is CC(Oc1cc(/C(C=N)=C/NC2CCOCC2)cn2nccc12)C1CNC(=O)C1. The van der Waals surface area contributed by atoms with Crippen molar-refractivity contribution >= 4 is 23.2 Å². The largest absolute Gasteiger partial charge is 0.488 e. The molecule has 29 heavy (non-hydrogen) atoms. The molecule has 2 aromatic heterocycles. The minimum atomic E-state index is -0.115. The first-order chi connectivity index (χ1) is 14.1. The molecular weight excluding hydrogens is 370 g/mol. The first-order valence-electron chi connectivity index (χ1n) is 10.1. The van der Waals surface area contributed by atoms with Crippen LogP contribution in [0.2, 0.25) is 0 Å². The zero-order valence-electron chi connectivity index (χ0n) is 16.6. The molecule has 2 aliphatic heterocycles. The summed E-state index contributed by atoms with van der Waals surface area (Å²) in [5, 5.41) is 18.5. The Morgan fingerprint density at radius 1 is 1.48 bits per heavy atom. The topological polar surface area (TPSA) is 101 Å². The molecule has 4 rings (SSSR count). The lowest BCUT2D eigenvalue weighted by atomic mass is 10.0. The van der Waals surface area contributed by atoms with Crippen molar-refractivity contribution < 1.29 is 14.3 Å². The molecule has 2 atom stereocenters. The van der Waals surface area contributed by atoms with Gasteiger partial charge in [0.2, 0.25) is 5.91 Å². The molecule has 0 spiro atoms. The summed E-state index contributed by atoms with van der Waals surface area (Å²) in [4.78, 5) is 11.5. The minimum Gasteiger partial charge on any atom is -0.488 e. The Kier molecular flexibility index (Phi) is 5.80. The van der Waals surface area contributed by atoms with Crippen molar-refractivity contribution in [3.8, 4) is 5.75 Å². The lowest BCUT2D eigenvalue weighted by Crippen LogP contribution is -2.31. The summed E-state index contributed by atoms with van der Waals surface area (Å²) in [6.45, 7) is 4.15. The summed E-state index contributed by atoms with van der Waals surface area (Å²) >= 11 is 0. The van der Waals surface area contributed by atoms with Gasteiger partial charge >= 0.3 is 0 Å². The van der Waals surface area contributed by atoms with Crippen LogP contribution in [0.25, 0.3) is 11.1 Å². The summed E-state index contributed by atoms with van der Waals surface area (Å²) < 4.78 is 13.4. The van der Waals surface area contributed by atoms with Crippen molar-refractivity contribution in [2.75, 3.05) is 19.8 Å². The van der Waals surface area contributed by atoms with Gasteiger partial charge in [-0.3, -0.25) is 4.79 Å². The third-order valence-electron chi connectivity index (χ3n) is 5.64. The van der Waals surface area contributed by atoms with E-state index in [1.807, 2.05) is 31.5 Å². The summed E-state index contributed by atoms with van der Waals surface area (Å²) in [6.07, 6.45) is 9.14. The number of allylic oxidation sites excluding steroid dienone is 1. The van der Waals surface area contributed by atoms with Gasteiger partial charge in [-0.15, -0.1) is 0 Å². The third kappa shape index (κ3) is 4.42. The quantitative estimate of drug-likeness (QED) is 0.621. The van der Waals surface area contributed by atoms with Gasteiger partial charge in [0.25, 0.3) is 0 Å². The minimum absolute atomic E-state index is 0.0712. The van der Waals surface area contributed by atoms with Crippen molar-refractivity contribution in [1.29, 1.82) is 5.41 Å². The van der Waals surface area contributed by atoms with Crippen LogP contribution in [0, 0.1) is 11.3 Å². The van der Waals surface area contributed by atoms with Gasteiger partial charge in [-0.05, 0) is 31.9 Å². The Balaban J connectivity index is 1.57. The number of carbonyl (C=O) groups excluding carboxylic acids is 1. The Hall–Kier alpha value is -2.87. The van der Waals surface area contributed by atoms with E-state index in [4.69, 9.17) is 14.9 Å². The van der Waals surface area contributed by atoms with E-state index in [0.717, 1.165) is 42.7 Å². The average molecular weight is 397 g/mol. The fourth-order valence-electron chi connectivity index (χ4n) is 3.78. The number of ether oxygens (including phenoxy) is 2. The van der Waals surface area contributed by atoms with Crippen LogP contribution in [-0.4, -0.2) is 53.6 Å². The Labute approximate surface area is 169 Å². The van der Waals surface area contributed by atoms with Crippen LogP contribution in [0.4, 0.5) is 0 Å². The zero-order chi connectivity index (χ0) is 20.2. The number of amides is 1. The van der Waals surface area contributed by atoms with E-state index in [2.05, 4.69) is 15.7 Å². The number of fused-ring (bicyclic) bond motifs is 1. The number of rotatable bonds is 7. The molecule has 2 aliphatic rings. The van der Waals surface area contributed by atoms with E-state index in [0.29, 0.717) is 24.8 Å². The molecule has 2 aromatic rings. The molecule has 154 valence electrons. The predicted octanol–water partition coefficient (Wildman–Crippen LogP) is 2.00. The molecule has 2 unspecified atom stereocenters. The average Bonchev–Trinajstić information content (AvgIpc) is 3.38. The smallest absolute Gasteiger partial charge is 0.220 e. The van der Waals surface area contributed by atoms with E-state index in [-0.39, 0.29) is 17.9 Å². The second-order valence-electron chi connectivity index (χ2n) is 7.64. The Bertz CT molecular complexity index is 916. The number of hydrogen-bond donors (Lipinski definition) is 3. The van der Waals surface area contributed by atoms with Gasteiger partial charge in [-0.2, -0.15) is 5.10 Å². The lowest BCUT2D eigenvalue weighted by molar-refractivity contribution is -0.119. The fourth-order valence-corrected chi connectivity index (χ4v) is 3.78. The highest BCUT2D eigenvalue weighted by Gasteiger charge is 2.28. The molecule has 0 radical (unpaired) electrons. The molecule has 2 fully saturated rings. The van der Waals surface area contributed by atoms with Crippen molar-refractivity contribution in [2.45, 2.75) is 38.3 Å². The molecule has 0 bridgehead atoms. The molecule has 8 heteroatoms. The normalized spacial score (nSPS) is 21.8. The number of pyridine rings is 1. The molecule has 2 saturated heterocycles. The molecule has 1 amide bonds. The monoisotopic (exact) mass is 397 g/mol. The second-order valence-corrected chi connectivity index (χ2v) is 7.64. The van der Waals surface area contributed by atoms with Gasteiger partial charge in [0.15, 0.2) is 0 Å². The highest BCUT2D eigenvalue weighted by Crippen LogP contribution is 2.28. The first-order valence-corrected chi connectivity index (χ1v) is 10.1. The second kappa shape index (κ2) is 8.65. The standard InChI is InChI=1S/C21H27N5O3/c1-14(15-9-21(27)24-11-15)29-20-8-16(13-26-19(20)2-5-25-26)17(10-22)12-23-18-3-6-28-7-4-18/h2,5,8,10,12-15,18,22-23H,3-4,6-7,9,11H2,1H3,(H,24,27)/b17-12+,22-10?. The van der Waals surface area contributed by atoms with Gasteiger partial charge in [0.05, 0.1) is 6.20 Å². The summed E-state index contributed by atoms with van der Waals surface area (Å²) in [5.74, 6) is 0.912.